The molecule has 0 bridgehead atoms. The molecule has 1 aromatic heterocycles. The lowest BCUT2D eigenvalue weighted by molar-refractivity contribution is -0.122. The highest BCUT2D eigenvalue weighted by molar-refractivity contribution is 7.20. The van der Waals surface area contributed by atoms with E-state index in [1.165, 1.54) is 17.8 Å². The van der Waals surface area contributed by atoms with Crippen LogP contribution in [0.2, 0.25) is 0 Å². The second-order valence-corrected chi connectivity index (χ2v) is 11.1. The summed E-state index contributed by atoms with van der Waals surface area (Å²) in [4.78, 5) is 44.0. The molecule has 0 aliphatic heterocycles. The maximum Gasteiger partial charge on any atom is 0.255 e. The Balaban J connectivity index is 1.37. The van der Waals surface area contributed by atoms with Crippen LogP contribution in [0.1, 0.15) is 75.9 Å². The van der Waals surface area contributed by atoms with Crippen LogP contribution in [0, 0.1) is 5.92 Å². The van der Waals surface area contributed by atoms with Gasteiger partial charge in [-0.25, -0.2) is 4.98 Å². The fraction of sp³-hybridized carbons (Fsp3) is 0.290. The van der Waals surface area contributed by atoms with Crippen LogP contribution in [0.5, 0.6) is 0 Å². The molecule has 1 aliphatic carbocycles. The van der Waals surface area contributed by atoms with Crippen LogP contribution in [0.15, 0.2) is 72.8 Å². The van der Waals surface area contributed by atoms with Crippen molar-refractivity contribution in [2.24, 2.45) is 11.7 Å². The molecule has 7 nitrogen and oxygen atoms in total. The number of hydrogen-bond donors (Lipinski definition) is 3. The number of Topliss-reactive ketones (excluding diaryl/α,β-unsaturated/α-hetero) is 1. The Morgan fingerprint density at radius 3 is 2.41 bits per heavy atom. The van der Waals surface area contributed by atoms with Gasteiger partial charge >= 0.3 is 0 Å². The largest absolute Gasteiger partial charge is 0.342 e. The van der Waals surface area contributed by atoms with Crippen LogP contribution in [0.4, 0.5) is 5.69 Å². The smallest absolute Gasteiger partial charge is 0.255 e. The van der Waals surface area contributed by atoms with Crippen molar-refractivity contribution in [2.75, 3.05) is 5.32 Å². The van der Waals surface area contributed by atoms with Gasteiger partial charge in [-0.3, -0.25) is 14.4 Å². The zero-order valence-corrected chi connectivity index (χ0v) is 22.5. The van der Waals surface area contributed by atoms with Gasteiger partial charge in [-0.2, -0.15) is 0 Å². The van der Waals surface area contributed by atoms with Gasteiger partial charge in [-0.05, 0) is 60.2 Å². The molecule has 200 valence electrons. The molecule has 5 rings (SSSR count). The Morgan fingerprint density at radius 2 is 1.69 bits per heavy atom. The molecule has 4 N–H and O–H groups in total. The monoisotopic (exact) mass is 540 g/mol. The number of nitrogens with zero attached hydrogens (tertiary/aromatic N) is 1. The number of thiazole rings is 1. The van der Waals surface area contributed by atoms with Crippen LogP contribution in [0.3, 0.4) is 0 Å². The normalized spacial score (nSPS) is 14.6. The Morgan fingerprint density at radius 1 is 0.949 bits per heavy atom. The van der Waals surface area contributed by atoms with Gasteiger partial charge in [0.15, 0.2) is 5.01 Å². The Labute approximate surface area is 231 Å². The van der Waals surface area contributed by atoms with Crippen LogP contribution < -0.4 is 16.4 Å². The van der Waals surface area contributed by atoms with E-state index in [-0.39, 0.29) is 17.6 Å². The van der Waals surface area contributed by atoms with Crippen molar-refractivity contribution in [3.63, 3.8) is 0 Å². The number of carbonyl (C=O) groups is 3. The van der Waals surface area contributed by atoms with Crippen molar-refractivity contribution >= 4 is 44.8 Å². The first-order chi connectivity index (χ1) is 19.0. The summed E-state index contributed by atoms with van der Waals surface area (Å²) in [6, 6.07) is 21.0. The van der Waals surface area contributed by atoms with E-state index < -0.39 is 6.04 Å². The second-order valence-electron chi connectivity index (χ2n) is 10.0. The van der Waals surface area contributed by atoms with Crippen molar-refractivity contribution in [1.82, 2.24) is 10.3 Å². The van der Waals surface area contributed by atoms with Crippen LogP contribution in [-0.4, -0.2) is 22.6 Å². The van der Waals surface area contributed by atoms with Gasteiger partial charge in [-0.1, -0.05) is 61.7 Å². The highest BCUT2D eigenvalue weighted by Crippen LogP contribution is 2.30. The number of anilines is 1. The van der Waals surface area contributed by atoms with E-state index in [9.17, 15) is 14.4 Å². The number of nitrogens with one attached hydrogen (secondary N) is 2. The summed E-state index contributed by atoms with van der Waals surface area (Å²) >= 11 is 1.25. The minimum Gasteiger partial charge on any atom is -0.342 e. The number of aromatic nitrogens is 1. The number of amides is 2. The van der Waals surface area contributed by atoms with Crippen molar-refractivity contribution in [1.29, 1.82) is 0 Å². The van der Waals surface area contributed by atoms with Crippen molar-refractivity contribution in [3.8, 4) is 0 Å². The standard InChI is InChI=1S/C31H32N4O3S/c32-19-21-11-13-22(14-12-21)28(35-27(36)17-20-7-3-1-4-8-20)29(37)31-34-25-16-15-24(18-26(25)39-31)33-30(38)23-9-5-2-6-10-23/h2,5-6,9-16,18,20,28H,1,3-4,7-8,17,19,32H2,(H,33,38)(H,35,36). The zero-order chi connectivity index (χ0) is 27.2. The SMILES string of the molecule is NCc1ccc(C(NC(=O)CC2CCCCC2)C(=O)c2nc3ccc(NC(=O)c4ccccc4)cc3s2)cc1. The molecule has 1 fully saturated rings. The zero-order valence-electron chi connectivity index (χ0n) is 21.7. The molecule has 1 heterocycles. The predicted molar refractivity (Wildman–Crippen MR) is 155 cm³/mol. The number of fused-ring (bicyclic) bond motifs is 1. The molecule has 0 spiro atoms. The second kappa shape index (κ2) is 12.3. The van der Waals surface area contributed by atoms with Crippen LogP contribution in [0.25, 0.3) is 10.2 Å². The van der Waals surface area contributed by atoms with Crippen molar-refractivity contribution in [2.45, 2.75) is 51.1 Å². The van der Waals surface area contributed by atoms with Gasteiger partial charge in [0.25, 0.3) is 5.91 Å². The quantitative estimate of drug-likeness (QED) is 0.225. The molecule has 1 atom stereocenters. The molecule has 1 unspecified atom stereocenters. The van der Waals surface area contributed by atoms with Gasteiger partial charge in [-0.15, -0.1) is 11.3 Å². The van der Waals surface area contributed by atoms with Crippen LogP contribution >= 0.6 is 11.3 Å². The third-order valence-corrected chi connectivity index (χ3v) is 8.24. The summed E-state index contributed by atoms with van der Waals surface area (Å²) in [5.41, 5.74) is 9.24. The first-order valence-corrected chi connectivity index (χ1v) is 14.2. The third kappa shape index (κ3) is 6.58. The van der Waals surface area contributed by atoms with Gasteiger partial charge in [0.2, 0.25) is 11.7 Å². The minimum atomic E-state index is -0.842. The van der Waals surface area contributed by atoms with E-state index in [1.807, 2.05) is 48.5 Å². The van der Waals surface area contributed by atoms with Gasteiger partial charge in [0.1, 0.15) is 6.04 Å². The van der Waals surface area contributed by atoms with E-state index in [0.717, 1.165) is 35.9 Å². The van der Waals surface area contributed by atoms with Crippen molar-refractivity contribution in [3.05, 3.63) is 94.5 Å². The maximum atomic E-state index is 13.8. The summed E-state index contributed by atoms with van der Waals surface area (Å²) in [7, 11) is 0. The van der Waals surface area contributed by atoms with Gasteiger partial charge in [0, 0.05) is 24.2 Å². The molecule has 1 saturated carbocycles. The first kappa shape index (κ1) is 26.7. The molecule has 4 aromatic rings. The number of carbonyl (C=O) groups excluding carboxylic acids is 3. The number of benzene rings is 3. The van der Waals surface area contributed by atoms with E-state index in [1.54, 1.807) is 24.3 Å². The number of nitrogens with two attached hydrogens (primary N) is 1. The Hall–Kier alpha value is -3.88. The van der Waals surface area contributed by atoms with E-state index in [4.69, 9.17) is 5.73 Å². The van der Waals surface area contributed by atoms with Crippen molar-refractivity contribution < 1.29 is 14.4 Å². The van der Waals surface area contributed by atoms with Gasteiger partial charge in [0.05, 0.1) is 10.2 Å². The van der Waals surface area contributed by atoms with E-state index >= 15 is 0 Å². The fourth-order valence-electron chi connectivity index (χ4n) is 5.04. The summed E-state index contributed by atoms with van der Waals surface area (Å²) in [6.45, 7) is 0.397. The molecule has 0 saturated heterocycles. The summed E-state index contributed by atoms with van der Waals surface area (Å²) in [5.74, 6) is -0.225. The summed E-state index contributed by atoms with van der Waals surface area (Å²) < 4.78 is 0.773. The van der Waals surface area contributed by atoms with E-state index in [0.29, 0.717) is 46.2 Å². The molecule has 0 radical (unpaired) electrons. The lowest BCUT2D eigenvalue weighted by Crippen LogP contribution is -2.35. The predicted octanol–water partition coefficient (Wildman–Crippen LogP) is 6.02. The lowest BCUT2D eigenvalue weighted by atomic mass is 9.86. The third-order valence-electron chi connectivity index (χ3n) is 7.21. The number of hydrogen-bond acceptors (Lipinski definition) is 6. The average Bonchev–Trinajstić information content (AvgIpc) is 3.40. The molecule has 3 aromatic carbocycles. The molecule has 2 amide bonds. The topological polar surface area (TPSA) is 114 Å². The summed E-state index contributed by atoms with van der Waals surface area (Å²) in [5, 5.41) is 6.21. The van der Waals surface area contributed by atoms with Crippen LogP contribution in [-0.2, 0) is 11.3 Å². The maximum absolute atomic E-state index is 13.8. The Bertz CT molecular complexity index is 1460. The average molecular weight is 541 g/mol. The highest BCUT2D eigenvalue weighted by Gasteiger charge is 2.28. The fourth-order valence-corrected chi connectivity index (χ4v) is 6.02. The van der Waals surface area contributed by atoms with Gasteiger partial charge < -0.3 is 16.4 Å². The molecule has 1 aliphatic rings. The summed E-state index contributed by atoms with van der Waals surface area (Å²) in [6.07, 6.45) is 6.06. The van der Waals surface area contributed by atoms with E-state index in [2.05, 4.69) is 15.6 Å². The number of ketones is 1. The molecular formula is C31H32N4O3S. The molecular weight excluding hydrogens is 508 g/mol. The molecule has 39 heavy (non-hydrogen) atoms. The lowest BCUT2D eigenvalue weighted by Gasteiger charge is -2.23. The number of rotatable bonds is 9. The highest BCUT2D eigenvalue weighted by atomic mass is 32.1. The Kier molecular flexibility index (Phi) is 8.44. The minimum absolute atomic E-state index is 0.116. The molecule has 8 heteroatoms. The first-order valence-electron chi connectivity index (χ1n) is 13.4.